The Balaban J connectivity index is -0.0000000741. The van der Waals surface area contributed by atoms with E-state index in [9.17, 15) is 9.59 Å². The van der Waals surface area contributed by atoms with Crippen LogP contribution in [0.1, 0.15) is 13.8 Å². The molecule has 0 bridgehead atoms. The number of aliphatic hydroxyl groups is 2. The van der Waals surface area contributed by atoms with E-state index in [2.05, 4.69) is 13.2 Å². The van der Waals surface area contributed by atoms with Gasteiger partial charge in [0.05, 0.1) is 13.2 Å². The van der Waals surface area contributed by atoms with Crippen molar-refractivity contribution >= 4 is 11.9 Å². The Labute approximate surface area is 115 Å². The summed E-state index contributed by atoms with van der Waals surface area (Å²) in [6.45, 7) is 8.95. The third-order valence-electron chi connectivity index (χ3n) is 0.830. The molecule has 0 unspecified atom stereocenters. The Bertz CT molecular complexity index is 199. The molecule has 0 radical (unpaired) electrons. The van der Waals surface area contributed by atoms with E-state index >= 15 is 0 Å². The van der Waals surface area contributed by atoms with Crippen molar-refractivity contribution in [2.24, 2.45) is 0 Å². The quantitative estimate of drug-likeness (QED) is 0.436. The minimum atomic E-state index is -0.935. The predicted octanol–water partition coefficient (Wildman–Crippen LogP) is 0.263. The maximum atomic E-state index is 9.60. The molecule has 0 saturated carbocycles. The van der Waals surface area contributed by atoms with Gasteiger partial charge in [-0.2, -0.15) is 0 Å². The second-order valence-electron chi connectivity index (χ2n) is 2.62. The molecule has 0 aliphatic heterocycles. The summed E-state index contributed by atoms with van der Waals surface area (Å²) in [7, 11) is 0. The minimum absolute atomic E-state index is 0. The number of carbonyl (C=O) groups is 2. The molecule has 0 aromatic rings. The number of hydrogen-bond acceptors (Lipinski definition) is 4. The van der Waals surface area contributed by atoms with Crippen LogP contribution < -0.4 is 0 Å². The van der Waals surface area contributed by atoms with Crippen LogP contribution in [0.4, 0.5) is 0 Å². The maximum Gasteiger partial charge on any atom is 0.330 e. The Morgan fingerprint density at radius 2 is 1.00 bits per heavy atom. The number of aliphatic hydroxyl groups excluding tert-OH is 2. The fraction of sp³-hybridized carbons (Fsp3) is 0.400. The first-order valence-electron chi connectivity index (χ1n) is 4.20. The summed E-state index contributed by atoms with van der Waals surface area (Å²) in [5, 5.41) is 31.0. The molecule has 17 heavy (non-hydrogen) atoms. The third kappa shape index (κ3) is 39.5. The summed E-state index contributed by atoms with van der Waals surface area (Å²) in [5.41, 5.74) is 0.352. The van der Waals surface area contributed by atoms with E-state index < -0.39 is 11.9 Å². The van der Waals surface area contributed by atoms with Crippen LogP contribution in [0.15, 0.2) is 24.3 Å². The Morgan fingerprint density at radius 1 is 0.882 bits per heavy atom. The van der Waals surface area contributed by atoms with Crippen molar-refractivity contribution in [3.8, 4) is 0 Å². The molecule has 98 valence electrons. The van der Waals surface area contributed by atoms with Crippen molar-refractivity contribution in [1.29, 1.82) is 0 Å². The van der Waals surface area contributed by atoms with E-state index in [4.69, 9.17) is 20.4 Å². The summed E-state index contributed by atoms with van der Waals surface area (Å²) in [4.78, 5) is 19.2. The number of rotatable bonds is 3. The van der Waals surface area contributed by atoms with Gasteiger partial charge in [-0.05, 0) is 13.8 Å². The molecule has 0 amide bonds. The number of hydrogen-bond donors (Lipinski definition) is 4. The summed E-state index contributed by atoms with van der Waals surface area (Å²) in [5.74, 6) is -1.87. The Hall–Kier alpha value is -0.946. The van der Waals surface area contributed by atoms with Crippen LogP contribution in [0.3, 0.4) is 0 Å². The van der Waals surface area contributed by atoms with Crippen LogP contribution in [0.2, 0.25) is 0 Å². The number of aliphatic carboxylic acids is 2. The van der Waals surface area contributed by atoms with Crippen LogP contribution in [0, 0.1) is 0 Å². The minimum Gasteiger partial charge on any atom is -0.478 e. The monoisotopic (exact) mass is 282 g/mol. The van der Waals surface area contributed by atoms with Crippen molar-refractivity contribution in [3.05, 3.63) is 24.3 Å². The maximum absolute atomic E-state index is 9.60. The third-order valence-corrected chi connectivity index (χ3v) is 0.830. The summed E-state index contributed by atoms with van der Waals surface area (Å²) >= 11 is 0. The normalized spacial score (nSPS) is 7.06. The van der Waals surface area contributed by atoms with Crippen molar-refractivity contribution in [2.45, 2.75) is 13.8 Å². The molecule has 0 saturated heterocycles. The smallest absolute Gasteiger partial charge is 0.330 e. The first-order valence-corrected chi connectivity index (χ1v) is 4.20. The Morgan fingerprint density at radius 3 is 1.00 bits per heavy atom. The fourth-order valence-electron chi connectivity index (χ4n) is 0. The van der Waals surface area contributed by atoms with Crippen molar-refractivity contribution in [1.82, 2.24) is 0 Å². The van der Waals surface area contributed by atoms with E-state index in [0.717, 1.165) is 0 Å². The van der Waals surface area contributed by atoms with E-state index in [-0.39, 0.29) is 46.1 Å². The van der Waals surface area contributed by atoms with E-state index in [1.807, 2.05) is 0 Å². The Kier molecular flexibility index (Phi) is 25.7. The predicted molar refractivity (Wildman–Crippen MR) is 59.1 cm³/mol. The van der Waals surface area contributed by atoms with Gasteiger partial charge in [0.25, 0.3) is 0 Å². The zero-order valence-electron chi connectivity index (χ0n) is 9.93. The van der Waals surface area contributed by atoms with E-state index in [1.54, 1.807) is 0 Å². The SMILES string of the molecule is C=C(C)C(=O)O.C=C(C)C(=O)O.OCCO.[Ti]. The molecule has 0 aliphatic rings. The molecular formula is C10H18O6Ti. The fourth-order valence-corrected chi connectivity index (χ4v) is 0. The van der Waals surface area contributed by atoms with Gasteiger partial charge in [-0.15, -0.1) is 0 Å². The van der Waals surface area contributed by atoms with Crippen LogP contribution in [0.5, 0.6) is 0 Å². The first-order chi connectivity index (χ1) is 7.20. The standard InChI is InChI=1S/2C4H6O2.C2H6O2.Ti/c2*1-3(2)4(5)6;3-1-2-4;/h2*1H2,2H3,(H,5,6);3-4H,1-2H2;. The van der Waals surface area contributed by atoms with Gasteiger partial charge in [0.1, 0.15) is 0 Å². The van der Waals surface area contributed by atoms with Gasteiger partial charge >= 0.3 is 11.9 Å². The zero-order valence-corrected chi connectivity index (χ0v) is 11.5. The van der Waals surface area contributed by atoms with Gasteiger partial charge in [0.2, 0.25) is 0 Å². The molecule has 0 aliphatic carbocycles. The van der Waals surface area contributed by atoms with Gasteiger partial charge in [0.15, 0.2) is 0 Å². The summed E-state index contributed by atoms with van der Waals surface area (Å²) in [6.07, 6.45) is 0. The molecule has 0 atom stereocenters. The summed E-state index contributed by atoms with van der Waals surface area (Å²) in [6, 6.07) is 0. The number of carboxylic acids is 2. The molecular weight excluding hydrogens is 264 g/mol. The molecule has 0 aromatic carbocycles. The average molecular weight is 282 g/mol. The van der Waals surface area contributed by atoms with Crippen molar-refractivity contribution < 1.29 is 51.7 Å². The molecule has 0 spiro atoms. The van der Waals surface area contributed by atoms with Gasteiger partial charge in [0, 0.05) is 32.9 Å². The van der Waals surface area contributed by atoms with Crippen LogP contribution in [-0.2, 0) is 31.3 Å². The molecule has 0 rings (SSSR count). The topological polar surface area (TPSA) is 115 Å². The van der Waals surface area contributed by atoms with Crippen LogP contribution in [-0.4, -0.2) is 45.6 Å². The molecule has 7 heteroatoms. The number of carboxylic acid groups (broad SMARTS) is 2. The van der Waals surface area contributed by atoms with Crippen molar-refractivity contribution in [3.63, 3.8) is 0 Å². The molecule has 0 aromatic heterocycles. The average Bonchev–Trinajstić information content (AvgIpc) is 2.18. The largest absolute Gasteiger partial charge is 0.478 e. The van der Waals surface area contributed by atoms with E-state index in [0.29, 0.717) is 0 Å². The molecule has 6 nitrogen and oxygen atoms in total. The molecule has 4 N–H and O–H groups in total. The van der Waals surface area contributed by atoms with Crippen LogP contribution in [0.25, 0.3) is 0 Å². The zero-order chi connectivity index (χ0) is 13.7. The van der Waals surface area contributed by atoms with Gasteiger partial charge in [-0.1, -0.05) is 13.2 Å². The van der Waals surface area contributed by atoms with Gasteiger partial charge in [-0.25, -0.2) is 9.59 Å². The molecule has 0 heterocycles. The van der Waals surface area contributed by atoms with Gasteiger partial charge in [-0.3, -0.25) is 0 Å². The second-order valence-corrected chi connectivity index (χ2v) is 2.62. The van der Waals surface area contributed by atoms with Crippen LogP contribution >= 0.6 is 0 Å². The molecule has 0 fully saturated rings. The first kappa shape index (κ1) is 25.0. The van der Waals surface area contributed by atoms with E-state index in [1.165, 1.54) is 13.8 Å². The second kappa shape index (κ2) is 17.4. The van der Waals surface area contributed by atoms with Gasteiger partial charge < -0.3 is 20.4 Å². The van der Waals surface area contributed by atoms with Crippen molar-refractivity contribution in [2.75, 3.05) is 13.2 Å². The summed E-state index contributed by atoms with van der Waals surface area (Å²) < 4.78 is 0.